The van der Waals surface area contributed by atoms with Gasteiger partial charge in [0.1, 0.15) is 5.60 Å². The molecule has 0 saturated carbocycles. The molecule has 1 saturated heterocycles. The number of ether oxygens (including phenoxy) is 1. The highest BCUT2D eigenvalue weighted by Gasteiger charge is 2.19. The minimum absolute atomic E-state index is 0.406. The van der Waals surface area contributed by atoms with Crippen LogP contribution in [0.15, 0.2) is 30.3 Å². The molecule has 0 spiro atoms. The molecular weight excluding hydrogens is 336 g/mol. The summed E-state index contributed by atoms with van der Waals surface area (Å²) in [5, 5.41) is 6.64. The first-order chi connectivity index (χ1) is 11.8. The SMILES string of the molecule is CC(C)(C)OC(=O)NCCNC(=S)N1CCN(c2ccccc2)CC1. The molecular formula is C18H28N4O2S. The molecule has 1 heterocycles. The van der Waals surface area contributed by atoms with Crippen LogP contribution in [0.25, 0.3) is 0 Å². The second-order valence-corrected chi connectivity index (χ2v) is 7.36. The van der Waals surface area contributed by atoms with Crippen molar-refractivity contribution in [2.45, 2.75) is 26.4 Å². The molecule has 1 aliphatic heterocycles. The number of carbonyl (C=O) groups is 1. The van der Waals surface area contributed by atoms with E-state index in [1.54, 1.807) is 0 Å². The second-order valence-electron chi connectivity index (χ2n) is 6.97. The Balaban J connectivity index is 1.63. The number of anilines is 1. The van der Waals surface area contributed by atoms with E-state index in [0.717, 1.165) is 31.3 Å². The summed E-state index contributed by atoms with van der Waals surface area (Å²) in [6.07, 6.45) is -0.406. The molecule has 2 rings (SSSR count). The van der Waals surface area contributed by atoms with Crippen molar-refractivity contribution < 1.29 is 9.53 Å². The number of para-hydroxylation sites is 1. The fourth-order valence-electron chi connectivity index (χ4n) is 2.57. The van der Waals surface area contributed by atoms with Gasteiger partial charge in [-0.15, -0.1) is 0 Å². The maximum atomic E-state index is 11.6. The van der Waals surface area contributed by atoms with E-state index in [1.807, 2.05) is 26.8 Å². The monoisotopic (exact) mass is 364 g/mol. The lowest BCUT2D eigenvalue weighted by atomic mass is 10.2. The van der Waals surface area contributed by atoms with Gasteiger partial charge in [0.25, 0.3) is 0 Å². The van der Waals surface area contributed by atoms with Crippen molar-refractivity contribution in [2.24, 2.45) is 0 Å². The van der Waals surface area contributed by atoms with Gasteiger partial charge in [-0.05, 0) is 45.1 Å². The number of benzene rings is 1. The van der Waals surface area contributed by atoms with Gasteiger partial charge in [0, 0.05) is 45.0 Å². The number of nitrogens with zero attached hydrogens (tertiary/aromatic N) is 2. The van der Waals surface area contributed by atoms with E-state index in [1.165, 1.54) is 5.69 Å². The lowest BCUT2D eigenvalue weighted by Crippen LogP contribution is -2.52. The molecule has 1 amide bonds. The fraction of sp³-hybridized carbons (Fsp3) is 0.556. The molecule has 0 aromatic heterocycles. The zero-order chi connectivity index (χ0) is 18.3. The van der Waals surface area contributed by atoms with Crippen LogP contribution in [-0.4, -0.2) is 61.0 Å². The second kappa shape index (κ2) is 8.89. The Morgan fingerprint density at radius 3 is 2.28 bits per heavy atom. The van der Waals surface area contributed by atoms with E-state index < -0.39 is 11.7 Å². The average molecular weight is 365 g/mol. The van der Waals surface area contributed by atoms with Crippen LogP contribution >= 0.6 is 12.2 Å². The van der Waals surface area contributed by atoms with E-state index >= 15 is 0 Å². The van der Waals surface area contributed by atoms with Crippen LogP contribution in [0.3, 0.4) is 0 Å². The van der Waals surface area contributed by atoms with Crippen LogP contribution in [0.5, 0.6) is 0 Å². The first-order valence-electron chi connectivity index (χ1n) is 8.65. The van der Waals surface area contributed by atoms with E-state index in [9.17, 15) is 4.79 Å². The van der Waals surface area contributed by atoms with Gasteiger partial charge < -0.3 is 25.2 Å². The molecule has 7 heteroatoms. The minimum atomic E-state index is -0.481. The Kier molecular flexibility index (Phi) is 6.87. The van der Waals surface area contributed by atoms with Crippen LogP contribution in [0.2, 0.25) is 0 Å². The van der Waals surface area contributed by atoms with Crippen molar-refractivity contribution in [2.75, 3.05) is 44.2 Å². The highest BCUT2D eigenvalue weighted by molar-refractivity contribution is 7.80. The van der Waals surface area contributed by atoms with Crippen molar-refractivity contribution >= 4 is 29.1 Å². The zero-order valence-electron chi connectivity index (χ0n) is 15.2. The van der Waals surface area contributed by atoms with Gasteiger partial charge >= 0.3 is 6.09 Å². The Labute approximate surface area is 155 Å². The Bertz CT molecular complexity index is 566. The number of thiocarbonyl (C=S) groups is 1. The molecule has 6 nitrogen and oxygen atoms in total. The van der Waals surface area contributed by atoms with E-state index in [-0.39, 0.29) is 0 Å². The van der Waals surface area contributed by atoms with Crippen molar-refractivity contribution in [1.29, 1.82) is 0 Å². The molecule has 25 heavy (non-hydrogen) atoms. The molecule has 0 bridgehead atoms. The van der Waals surface area contributed by atoms with Crippen molar-refractivity contribution in [3.63, 3.8) is 0 Å². The third-order valence-electron chi connectivity index (χ3n) is 3.76. The summed E-state index contributed by atoms with van der Waals surface area (Å²) in [5.74, 6) is 0. The molecule has 1 aromatic carbocycles. The maximum Gasteiger partial charge on any atom is 0.407 e. The fourth-order valence-corrected chi connectivity index (χ4v) is 2.85. The van der Waals surface area contributed by atoms with Crippen molar-refractivity contribution in [3.8, 4) is 0 Å². The van der Waals surface area contributed by atoms with Gasteiger partial charge in [-0.1, -0.05) is 18.2 Å². The molecule has 1 aliphatic rings. The van der Waals surface area contributed by atoms with Gasteiger partial charge in [-0.2, -0.15) is 0 Å². The predicted octanol–water partition coefficient (Wildman–Crippen LogP) is 2.21. The maximum absolute atomic E-state index is 11.6. The summed E-state index contributed by atoms with van der Waals surface area (Å²) in [4.78, 5) is 16.1. The molecule has 0 aliphatic carbocycles. The normalized spacial score (nSPS) is 14.8. The highest BCUT2D eigenvalue weighted by Crippen LogP contribution is 2.15. The number of amides is 1. The van der Waals surface area contributed by atoms with Crippen LogP contribution < -0.4 is 15.5 Å². The van der Waals surface area contributed by atoms with Crippen LogP contribution in [0, 0.1) is 0 Å². The van der Waals surface area contributed by atoms with Gasteiger partial charge in [0.05, 0.1) is 0 Å². The molecule has 1 aromatic rings. The molecule has 0 radical (unpaired) electrons. The molecule has 0 unspecified atom stereocenters. The first kappa shape index (κ1) is 19.3. The van der Waals surface area contributed by atoms with E-state index in [2.05, 4.69) is 44.7 Å². The zero-order valence-corrected chi connectivity index (χ0v) is 16.1. The lowest BCUT2D eigenvalue weighted by molar-refractivity contribution is 0.0529. The molecule has 2 N–H and O–H groups in total. The number of hydrogen-bond acceptors (Lipinski definition) is 4. The Morgan fingerprint density at radius 2 is 1.68 bits per heavy atom. The van der Waals surface area contributed by atoms with Crippen LogP contribution in [-0.2, 0) is 4.74 Å². The third kappa shape index (κ3) is 6.78. The topological polar surface area (TPSA) is 56.8 Å². The number of hydrogen-bond donors (Lipinski definition) is 2. The van der Waals surface area contributed by atoms with Crippen molar-refractivity contribution in [3.05, 3.63) is 30.3 Å². The van der Waals surface area contributed by atoms with Crippen LogP contribution in [0.4, 0.5) is 10.5 Å². The average Bonchev–Trinajstić information content (AvgIpc) is 2.58. The van der Waals surface area contributed by atoms with Gasteiger partial charge in [-0.3, -0.25) is 0 Å². The summed E-state index contributed by atoms with van der Waals surface area (Å²) in [5.41, 5.74) is 0.771. The largest absolute Gasteiger partial charge is 0.444 e. The summed E-state index contributed by atoms with van der Waals surface area (Å²) >= 11 is 5.45. The van der Waals surface area contributed by atoms with Gasteiger partial charge in [0.2, 0.25) is 0 Å². The number of piperazine rings is 1. The Hall–Kier alpha value is -2.02. The van der Waals surface area contributed by atoms with Gasteiger partial charge in [0.15, 0.2) is 5.11 Å². The minimum Gasteiger partial charge on any atom is -0.444 e. The van der Waals surface area contributed by atoms with E-state index in [0.29, 0.717) is 13.1 Å². The quantitative estimate of drug-likeness (QED) is 0.631. The summed E-state index contributed by atoms with van der Waals surface area (Å²) in [7, 11) is 0. The number of rotatable bonds is 4. The first-order valence-corrected chi connectivity index (χ1v) is 9.05. The molecule has 0 atom stereocenters. The van der Waals surface area contributed by atoms with Gasteiger partial charge in [-0.25, -0.2) is 4.79 Å². The smallest absolute Gasteiger partial charge is 0.407 e. The number of nitrogens with one attached hydrogen (secondary N) is 2. The van der Waals surface area contributed by atoms with E-state index in [4.69, 9.17) is 17.0 Å². The highest BCUT2D eigenvalue weighted by atomic mass is 32.1. The summed E-state index contributed by atoms with van der Waals surface area (Å²) < 4.78 is 5.19. The summed E-state index contributed by atoms with van der Waals surface area (Å²) in [6.45, 7) is 10.2. The third-order valence-corrected chi connectivity index (χ3v) is 4.16. The standard InChI is InChI=1S/C18H28N4O2S/c1-18(2,3)24-17(23)20-10-9-19-16(25)22-13-11-21(12-14-22)15-7-5-4-6-8-15/h4-8H,9-14H2,1-3H3,(H,19,25)(H,20,23). The number of carbonyl (C=O) groups excluding carboxylic acids is 1. The predicted molar refractivity (Wildman–Crippen MR) is 105 cm³/mol. The number of alkyl carbamates (subject to hydrolysis) is 1. The molecule has 1 fully saturated rings. The molecule has 138 valence electrons. The lowest BCUT2D eigenvalue weighted by Gasteiger charge is -2.37. The summed E-state index contributed by atoms with van der Waals surface area (Å²) in [6, 6.07) is 10.4. The van der Waals surface area contributed by atoms with Crippen molar-refractivity contribution in [1.82, 2.24) is 15.5 Å². The van der Waals surface area contributed by atoms with Crippen LogP contribution in [0.1, 0.15) is 20.8 Å². The Morgan fingerprint density at radius 1 is 1.08 bits per heavy atom.